The van der Waals surface area contributed by atoms with E-state index in [4.69, 9.17) is 15.6 Å². The molecule has 11 nitrogen and oxygen atoms in total. The van der Waals surface area contributed by atoms with E-state index in [0.717, 1.165) is 17.4 Å². The van der Waals surface area contributed by atoms with Gasteiger partial charge in [-0.2, -0.15) is 5.11 Å². The summed E-state index contributed by atoms with van der Waals surface area (Å²) in [7, 11) is -3.74. The van der Waals surface area contributed by atoms with Crippen molar-refractivity contribution in [1.29, 1.82) is 0 Å². The van der Waals surface area contributed by atoms with Crippen molar-refractivity contribution in [3.63, 3.8) is 0 Å². The van der Waals surface area contributed by atoms with E-state index in [0.29, 0.717) is 17.9 Å². The molecule has 1 fully saturated rings. The quantitative estimate of drug-likeness (QED) is 0.439. The zero-order chi connectivity index (χ0) is 22.6. The molecule has 1 aromatic heterocycles. The Morgan fingerprint density at radius 1 is 1.29 bits per heavy atom. The van der Waals surface area contributed by atoms with Crippen LogP contribution in [-0.4, -0.2) is 49.1 Å². The van der Waals surface area contributed by atoms with Crippen molar-refractivity contribution < 1.29 is 23.4 Å². The van der Waals surface area contributed by atoms with E-state index in [9.17, 15) is 18.3 Å². The first-order valence-corrected chi connectivity index (χ1v) is 11.2. The Bertz CT molecular complexity index is 1120. The lowest BCUT2D eigenvalue weighted by Gasteiger charge is -2.16. The first-order chi connectivity index (χ1) is 14.7. The molecule has 5 N–H and O–H groups in total. The molecular formula is C19H25N5O6S. The minimum Gasteiger partial charge on any atom is -0.493 e. The smallest absolute Gasteiger partial charge is 0.281 e. The largest absolute Gasteiger partial charge is 0.493 e. The van der Waals surface area contributed by atoms with Crippen LogP contribution in [0, 0.1) is 6.92 Å². The number of aliphatic hydroxyl groups excluding tert-OH is 1. The fraction of sp³-hybridized carbons (Fsp3) is 0.421. The Labute approximate surface area is 179 Å². The number of anilines is 1. The molecule has 3 rings (SSSR count). The lowest BCUT2D eigenvalue weighted by Crippen LogP contribution is -2.27. The molecule has 12 heteroatoms. The van der Waals surface area contributed by atoms with Crippen LogP contribution >= 0.6 is 0 Å². The van der Waals surface area contributed by atoms with Gasteiger partial charge in [-0.3, -0.25) is 9.36 Å². The maximum atomic E-state index is 12.9. The lowest BCUT2D eigenvalue weighted by molar-refractivity contribution is 0.0940. The van der Waals surface area contributed by atoms with E-state index in [2.05, 4.69) is 15.0 Å². The SMILES string of the molecule is Cc1c(N)c(O)n(CC2CCCO2)c(=O)c1N=Nc1ccc(S(=O)(=O)NCCO)cc1. The molecule has 1 aliphatic heterocycles. The van der Waals surface area contributed by atoms with Gasteiger partial charge in [-0.25, -0.2) is 13.1 Å². The summed E-state index contributed by atoms with van der Waals surface area (Å²) in [5, 5.41) is 27.1. The number of azo groups is 1. The normalized spacial score (nSPS) is 16.9. The topological polar surface area (TPSA) is 169 Å². The van der Waals surface area contributed by atoms with Crippen LogP contribution in [0.4, 0.5) is 17.1 Å². The molecule has 2 heterocycles. The Morgan fingerprint density at radius 3 is 2.61 bits per heavy atom. The third kappa shape index (κ3) is 5.10. The second kappa shape index (κ2) is 9.56. The fourth-order valence-corrected chi connectivity index (χ4v) is 4.19. The number of aromatic nitrogens is 1. The number of nitrogens with two attached hydrogens (primary N) is 1. The van der Waals surface area contributed by atoms with Crippen LogP contribution < -0.4 is 16.0 Å². The summed E-state index contributed by atoms with van der Waals surface area (Å²) in [6.45, 7) is 1.92. The Balaban J connectivity index is 1.88. The second-order valence-electron chi connectivity index (χ2n) is 7.08. The highest BCUT2D eigenvalue weighted by Gasteiger charge is 2.22. The molecule has 1 aromatic carbocycles. The Kier molecular flexibility index (Phi) is 7.05. The van der Waals surface area contributed by atoms with Crippen LogP contribution in [0.15, 0.2) is 44.2 Å². The fourth-order valence-electron chi connectivity index (χ4n) is 3.17. The molecule has 0 aliphatic carbocycles. The monoisotopic (exact) mass is 451 g/mol. The summed E-state index contributed by atoms with van der Waals surface area (Å²) >= 11 is 0. The summed E-state index contributed by atoms with van der Waals surface area (Å²) in [5.74, 6) is -0.332. The van der Waals surface area contributed by atoms with Crippen molar-refractivity contribution >= 4 is 27.1 Å². The number of sulfonamides is 1. The molecule has 0 radical (unpaired) electrons. The zero-order valence-electron chi connectivity index (χ0n) is 17.0. The van der Waals surface area contributed by atoms with Crippen molar-refractivity contribution in [2.45, 2.75) is 37.3 Å². The van der Waals surface area contributed by atoms with E-state index in [1.165, 1.54) is 24.3 Å². The van der Waals surface area contributed by atoms with Gasteiger partial charge < -0.3 is 20.7 Å². The minimum absolute atomic E-state index is 0.00359. The summed E-state index contributed by atoms with van der Waals surface area (Å²) in [5.41, 5.74) is 6.04. The summed E-state index contributed by atoms with van der Waals surface area (Å²) in [6.07, 6.45) is 1.47. The number of aromatic hydroxyl groups is 1. The van der Waals surface area contributed by atoms with Crippen LogP contribution in [-0.2, 0) is 21.3 Å². The maximum Gasteiger partial charge on any atom is 0.281 e. The van der Waals surface area contributed by atoms with Crippen LogP contribution in [0.1, 0.15) is 18.4 Å². The van der Waals surface area contributed by atoms with Gasteiger partial charge in [0.25, 0.3) is 5.56 Å². The van der Waals surface area contributed by atoms with E-state index >= 15 is 0 Å². The first kappa shape index (κ1) is 22.9. The number of nitrogens with zero attached hydrogens (tertiary/aromatic N) is 3. The molecule has 1 saturated heterocycles. The van der Waals surface area contributed by atoms with Crippen LogP contribution in [0.2, 0.25) is 0 Å². The van der Waals surface area contributed by atoms with Gasteiger partial charge in [-0.05, 0) is 44.0 Å². The second-order valence-corrected chi connectivity index (χ2v) is 8.84. The van der Waals surface area contributed by atoms with E-state index in [1.54, 1.807) is 6.92 Å². The third-order valence-electron chi connectivity index (χ3n) is 4.93. The predicted molar refractivity (Wildman–Crippen MR) is 113 cm³/mol. The third-order valence-corrected chi connectivity index (χ3v) is 6.41. The number of hydrogen-bond acceptors (Lipinski definition) is 9. The number of aliphatic hydroxyl groups is 1. The number of pyridine rings is 1. The number of hydrogen-bond donors (Lipinski definition) is 4. The number of nitrogens with one attached hydrogen (secondary N) is 1. The molecule has 1 aliphatic rings. The number of benzene rings is 1. The van der Waals surface area contributed by atoms with Gasteiger partial charge in [-0.15, -0.1) is 5.11 Å². The van der Waals surface area contributed by atoms with Gasteiger partial charge >= 0.3 is 0 Å². The molecule has 2 aromatic rings. The molecule has 1 atom stereocenters. The molecule has 0 bridgehead atoms. The van der Waals surface area contributed by atoms with Crippen molar-refractivity contribution in [2.75, 3.05) is 25.5 Å². The average Bonchev–Trinajstić information content (AvgIpc) is 3.27. The van der Waals surface area contributed by atoms with Crippen molar-refractivity contribution in [3.05, 3.63) is 40.2 Å². The summed E-state index contributed by atoms with van der Waals surface area (Å²) in [6, 6.07) is 5.53. The van der Waals surface area contributed by atoms with Crippen molar-refractivity contribution in [2.24, 2.45) is 10.2 Å². The molecule has 31 heavy (non-hydrogen) atoms. The van der Waals surface area contributed by atoms with Crippen LogP contribution in [0.5, 0.6) is 5.88 Å². The summed E-state index contributed by atoms with van der Waals surface area (Å²) < 4.78 is 33.0. The van der Waals surface area contributed by atoms with Crippen LogP contribution in [0.3, 0.4) is 0 Å². The standard InChI is InChI=1S/C19H25N5O6S/c1-12-16(20)18(26)24(11-14-3-2-10-30-14)19(27)17(12)23-22-13-4-6-15(7-5-13)31(28,29)21-8-9-25/h4-7,14,21,25-26H,2-3,8-11,20H2,1H3. The van der Waals surface area contributed by atoms with E-state index < -0.39 is 15.6 Å². The zero-order valence-corrected chi connectivity index (χ0v) is 17.8. The molecule has 1 unspecified atom stereocenters. The van der Waals surface area contributed by atoms with E-state index in [1.807, 2.05) is 0 Å². The Morgan fingerprint density at radius 2 is 2.00 bits per heavy atom. The van der Waals surface area contributed by atoms with Gasteiger partial charge in [0, 0.05) is 18.7 Å². The highest BCUT2D eigenvalue weighted by molar-refractivity contribution is 7.89. The van der Waals surface area contributed by atoms with Gasteiger partial charge in [0.05, 0.1) is 35.5 Å². The average molecular weight is 452 g/mol. The molecular weight excluding hydrogens is 426 g/mol. The minimum atomic E-state index is -3.74. The van der Waals surface area contributed by atoms with Gasteiger partial charge in [0.1, 0.15) is 0 Å². The predicted octanol–water partition coefficient (Wildman–Crippen LogP) is 1.31. The molecule has 0 saturated carbocycles. The number of nitrogen functional groups attached to an aromatic ring is 1. The number of ether oxygens (including phenoxy) is 1. The van der Waals surface area contributed by atoms with E-state index in [-0.39, 0.29) is 48.0 Å². The van der Waals surface area contributed by atoms with Crippen molar-refractivity contribution in [1.82, 2.24) is 9.29 Å². The van der Waals surface area contributed by atoms with Gasteiger partial charge in [-0.1, -0.05) is 0 Å². The van der Waals surface area contributed by atoms with Gasteiger partial charge in [0.15, 0.2) is 5.69 Å². The number of rotatable bonds is 8. The lowest BCUT2D eigenvalue weighted by atomic mass is 10.2. The molecule has 0 amide bonds. The van der Waals surface area contributed by atoms with Crippen molar-refractivity contribution in [3.8, 4) is 5.88 Å². The first-order valence-electron chi connectivity index (χ1n) is 9.70. The Hall–Kier alpha value is -2.80. The molecule has 168 valence electrons. The highest BCUT2D eigenvalue weighted by Crippen LogP contribution is 2.30. The van der Waals surface area contributed by atoms with Gasteiger partial charge in [0.2, 0.25) is 15.9 Å². The molecule has 0 spiro atoms. The maximum absolute atomic E-state index is 12.9. The summed E-state index contributed by atoms with van der Waals surface area (Å²) in [4.78, 5) is 12.9. The van der Waals surface area contributed by atoms with Crippen LogP contribution in [0.25, 0.3) is 0 Å². The highest BCUT2D eigenvalue weighted by atomic mass is 32.2.